The van der Waals surface area contributed by atoms with Crippen LogP contribution in [0.4, 0.5) is 17.5 Å². The van der Waals surface area contributed by atoms with Crippen molar-refractivity contribution in [1.29, 1.82) is 0 Å². The van der Waals surface area contributed by atoms with Gasteiger partial charge in [0.2, 0.25) is 5.95 Å². The molecule has 1 aromatic heterocycles. The lowest BCUT2D eigenvalue weighted by molar-refractivity contribution is 0.340. The number of hydrogen-bond donors (Lipinski definition) is 2. The van der Waals surface area contributed by atoms with Crippen molar-refractivity contribution >= 4 is 17.5 Å². The smallest absolute Gasteiger partial charge is 0.249 e. The zero-order valence-electron chi connectivity index (χ0n) is 14.8. The zero-order valence-corrected chi connectivity index (χ0v) is 14.8. The summed E-state index contributed by atoms with van der Waals surface area (Å²) < 4.78 is 10.8. The van der Waals surface area contributed by atoms with E-state index < -0.39 is 0 Å². The third-order valence-corrected chi connectivity index (χ3v) is 3.63. The summed E-state index contributed by atoms with van der Waals surface area (Å²) >= 11 is 0. The summed E-state index contributed by atoms with van der Waals surface area (Å²) in [6.07, 6.45) is 1.58. The molecule has 7 heteroatoms. The molecule has 134 valence electrons. The second kappa shape index (κ2) is 8.66. The van der Waals surface area contributed by atoms with E-state index in [2.05, 4.69) is 25.8 Å². The van der Waals surface area contributed by atoms with Crippen LogP contribution in [0.2, 0.25) is 0 Å². The van der Waals surface area contributed by atoms with Crippen molar-refractivity contribution in [2.45, 2.75) is 13.5 Å². The van der Waals surface area contributed by atoms with Gasteiger partial charge in [-0.3, -0.25) is 0 Å². The van der Waals surface area contributed by atoms with Crippen LogP contribution in [-0.2, 0) is 6.54 Å². The number of nitrogens with one attached hydrogen (secondary N) is 2. The number of benzene rings is 2. The van der Waals surface area contributed by atoms with E-state index in [-0.39, 0.29) is 0 Å². The molecule has 7 nitrogen and oxygen atoms in total. The van der Waals surface area contributed by atoms with E-state index in [1.165, 1.54) is 0 Å². The average Bonchev–Trinajstić information content (AvgIpc) is 2.69. The summed E-state index contributed by atoms with van der Waals surface area (Å²) in [5, 5.41) is 14.4. The molecule has 0 atom stereocenters. The van der Waals surface area contributed by atoms with Gasteiger partial charge in [0.15, 0.2) is 5.82 Å². The number of ether oxygens (including phenoxy) is 2. The molecule has 3 rings (SSSR count). The van der Waals surface area contributed by atoms with E-state index in [0.717, 1.165) is 22.7 Å². The Kier molecular flexibility index (Phi) is 5.82. The van der Waals surface area contributed by atoms with Crippen molar-refractivity contribution in [1.82, 2.24) is 15.2 Å². The maximum atomic E-state index is 5.43. The van der Waals surface area contributed by atoms with Crippen molar-refractivity contribution in [2.75, 3.05) is 24.4 Å². The topological polar surface area (TPSA) is 81.2 Å². The van der Waals surface area contributed by atoms with Crippen molar-refractivity contribution in [3.63, 3.8) is 0 Å². The number of nitrogens with zero attached hydrogens (tertiary/aromatic N) is 3. The largest absolute Gasteiger partial charge is 0.496 e. The summed E-state index contributed by atoms with van der Waals surface area (Å²) in [5.74, 6) is 2.69. The van der Waals surface area contributed by atoms with Crippen molar-refractivity contribution in [3.05, 3.63) is 60.3 Å². The van der Waals surface area contributed by atoms with Crippen LogP contribution in [0.3, 0.4) is 0 Å². The van der Waals surface area contributed by atoms with Crippen molar-refractivity contribution < 1.29 is 9.47 Å². The number of para-hydroxylation sites is 1. The van der Waals surface area contributed by atoms with Gasteiger partial charge in [0.25, 0.3) is 0 Å². The van der Waals surface area contributed by atoms with Gasteiger partial charge in [-0.25, -0.2) is 0 Å². The van der Waals surface area contributed by atoms with Crippen LogP contribution in [0.1, 0.15) is 12.5 Å². The minimum Gasteiger partial charge on any atom is -0.496 e. The fourth-order valence-corrected chi connectivity index (χ4v) is 2.41. The minimum atomic E-state index is 0.416. The number of methoxy groups -OCH3 is 1. The molecule has 26 heavy (non-hydrogen) atoms. The van der Waals surface area contributed by atoms with E-state index >= 15 is 0 Å². The summed E-state index contributed by atoms with van der Waals surface area (Å²) in [6, 6.07) is 15.4. The first-order chi connectivity index (χ1) is 12.8. The predicted molar refractivity (Wildman–Crippen MR) is 101 cm³/mol. The Balaban J connectivity index is 1.64. The van der Waals surface area contributed by atoms with Gasteiger partial charge in [0.1, 0.15) is 11.5 Å². The lowest BCUT2D eigenvalue weighted by Gasteiger charge is -2.10. The highest BCUT2D eigenvalue weighted by atomic mass is 16.5. The first kappa shape index (κ1) is 17.5. The maximum Gasteiger partial charge on any atom is 0.249 e. The molecule has 0 bridgehead atoms. The molecule has 1 heterocycles. The van der Waals surface area contributed by atoms with Crippen LogP contribution < -0.4 is 20.1 Å². The van der Waals surface area contributed by atoms with Crippen LogP contribution in [-0.4, -0.2) is 28.9 Å². The van der Waals surface area contributed by atoms with Gasteiger partial charge in [-0.2, -0.15) is 10.1 Å². The van der Waals surface area contributed by atoms with Gasteiger partial charge in [0.05, 0.1) is 19.9 Å². The Morgan fingerprint density at radius 2 is 1.85 bits per heavy atom. The molecule has 0 radical (unpaired) electrons. The van der Waals surface area contributed by atoms with Gasteiger partial charge in [-0.05, 0) is 37.3 Å². The number of anilines is 3. The normalized spacial score (nSPS) is 10.2. The van der Waals surface area contributed by atoms with Crippen LogP contribution >= 0.6 is 0 Å². The Morgan fingerprint density at radius 1 is 1.04 bits per heavy atom. The summed E-state index contributed by atoms with van der Waals surface area (Å²) in [5.41, 5.74) is 1.90. The quantitative estimate of drug-likeness (QED) is 0.641. The highest BCUT2D eigenvalue weighted by molar-refractivity contribution is 5.55. The molecule has 0 amide bonds. The van der Waals surface area contributed by atoms with Gasteiger partial charge in [-0.15, -0.1) is 5.10 Å². The van der Waals surface area contributed by atoms with Gasteiger partial charge >= 0.3 is 0 Å². The molecule has 3 aromatic rings. The molecular weight excluding hydrogens is 330 g/mol. The van der Waals surface area contributed by atoms with Crippen LogP contribution in [0.5, 0.6) is 11.5 Å². The average molecular weight is 351 g/mol. The molecule has 2 N–H and O–H groups in total. The second-order valence-corrected chi connectivity index (χ2v) is 5.41. The first-order valence-electron chi connectivity index (χ1n) is 8.34. The van der Waals surface area contributed by atoms with Crippen molar-refractivity contribution in [3.8, 4) is 11.5 Å². The van der Waals surface area contributed by atoms with Gasteiger partial charge in [-0.1, -0.05) is 18.2 Å². The monoisotopic (exact) mass is 351 g/mol. The van der Waals surface area contributed by atoms with Gasteiger partial charge < -0.3 is 20.1 Å². The van der Waals surface area contributed by atoms with E-state index in [1.807, 2.05) is 55.5 Å². The highest BCUT2D eigenvalue weighted by Gasteiger charge is 2.04. The maximum absolute atomic E-state index is 5.43. The molecular formula is C19H21N5O2. The molecule has 0 spiro atoms. The van der Waals surface area contributed by atoms with Crippen LogP contribution in [0, 0.1) is 0 Å². The zero-order chi connectivity index (χ0) is 18.2. The summed E-state index contributed by atoms with van der Waals surface area (Å²) in [6.45, 7) is 3.17. The highest BCUT2D eigenvalue weighted by Crippen LogP contribution is 2.20. The Morgan fingerprint density at radius 3 is 2.62 bits per heavy atom. The van der Waals surface area contributed by atoms with Crippen molar-refractivity contribution in [2.24, 2.45) is 0 Å². The molecule has 0 aliphatic rings. The summed E-state index contributed by atoms with van der Waals surface area (Å²) in [4.78, 5) is 4.43. The molecule has 0 aliphatic heterocycles. The second-order valence-electron chi connectivity index (χ2n) is 5.41. The predicted octanol–water partition coefficient (Wildman–Crippen LogP) is 3.63. The Hall–Kier alpha value is -3.35. The van der Waals surface area contributed by atoms with Crippen LogP contribution in [0.15, 0.2) is 54.7 Å². The number of rotatable bonds is 8. The number of hydrogen-bond acceptors (Lipinski definition) is 7. The van der Waals surface area contributed by atoms with E-state index in [0.29, 0.717) is 24.9 Å². The lowest BCUT2D eigenvalue weighted by atomic mass is 10.2. The fourth-order valence-electron chi connectivity index (χ4n) is 2.41. The molecule has 0 fully saturated rings. The van der Waals surface area contributed by atoms with E-state index in [1.54, 1.807) is 13.3 Å². The third-order valence-electron chi connectivity index (χ3n) is 3.63. The first-order valence-corrected chi connectivity index (χ1v) is 8.34. The molecule has 0 aliphatic carbocycles. The minimum absolute atomic E-state index is 0.416. The Labute approximate surface area is 152 Å². The third kappa shape index (κ3) is 4.60. The summed E-state index contributed by atoms with van der Waals surface area (Å²) in [7, 11) is 1.66. The SMILES string of the molecule is CCOc1ccc(Nc2nncc(NCc3ccccc3OC)n2)cc1. The fraction of sp³-hybridized carbons (Fsp3) is 0.211. The molecule has 0 saturated heterocycles. The van der Waals surface area contributed by atoms with Gasteiger partial charge in [0, 0.05) is 17.8 Å². The molecule has 0 unspecified atom stereocenters. The van der Waals surface area contributed by atoms with Crippen LogP contribution in [0.25, 0.3) is 0 Å². The molecule has 2 aromatic carbocycles. The molecule has 0 saturated carbocycles. The standard InChI is InChI=1S/C19H21N5O2/c1-3-26-16-10-8-15(9-11-16)22-19-23-18(13-21-24-19)20-12-14-6-4-5-7-17(14)25-2/h4-11,13H,3,12H2,1-2H3,(H2,20,22,23,24). The lowest BCUT2D eigenvalue weighted by Crippen LogP contribution is -2.06. The Bertz CT molecular complexity index is 839. The number of aromatic nitrogens is 3. The van der Waals surface area contributed by atoms with E-state index in [4.69, 9.17) is 9.47 Å². The van der Waals surface area contributed by atoms with E-state index in [9.17, 15) is 0 Å².